The van der Waals surface area contributed by atoms with Gasteiger partial charge >= 0.3 is 5.97 Å². The van der Waals surface area contributed by atoms with Gasteiger partial charge in [-0.2, -0.15) is 0 Å². The minimum atomic E-state index is -1.05. The molecule has 0 aliphatic heterocycles. The molecule has 1 atom stereocenters. The maximum Gasteiger partial charge on any atom is 0.315 e. The first kappa shape index (κ1) is 16.7. The number of benzene rings is 1. The van der Waals surface area contributed by atoms with Crippen LogP contribution in [-0.4, -0.2) is 30.3 Å². The van der Waals surface area contributed by atoms with Gasteiger partial charge in [0.25, 0.3) is 0 Å². The molecule has 4 heteroatoms. The molecule has 1 aromatic carbocycles. The third-order valence-corrected chi connectivity index (χ3v) is 4.03. The molecule has 20 heavy (non-hydrogen) atoms. The number of aryl methyl sites for hydroxylation is 1. The third-order valence-electron chi connectivity index (χ3n) is 4.03. The highest BCUT2D eigenvalue weighted by Gasteiger charge is 2.40. The molecule has 0 aliphatic carbocycles. The molecule has 0 saturated heterocycles. The van der Waals surface area contributed by atoms with Gasteiger partial charge in [0, 0.05) is 13.7 Å². The van der Waals surface area contributed by atoms with Crippen molar-refractivity contribution >= 4 is 5.97 Å². The number of carboxylic acids is 1. The second kappa shape index (κ2) is 6.37. The van der Waals surface area contributed by atoms with E-state index in [1.807, 2.05) is 45.0 Å². The molecule has 0 saturated carbocycles. The quantitative estimate of drug-likeness (QED) is 0.804. The average molecular weight is 279 g/mol. The summed E-state index contributed by atoms with van der Waals surface area (Å²) in [7, 11) is 1.64. The normalized spacial score (nSPS) is 14.8. The smallest absolute Gasteiger partial charge is 0.315 e. The van der Waals surface area contributed by atoms with Crippen LogP contribution in [0.1, 0.15) is 37.8 Å². The Hall–Kier alpha value is -1.39. The zero-order chi connectivity index (χ0) is 15.4. The Labute approximate surface area is 120 Å². The van der Waals surface area contributed by atoms with Crippen molar-refractivity contribution in [2.45, 2.75) is 44.6 Å². The number of hydrogen-bond donors (Lipinski definition) is 2. The maximum atomic E-state index is 11.8. The topological polar surface area (TPSA) is 72.5 Å². The highest BCUT2D eigenvalue weighted by Crippen LogP contribution is 2.32. The van der Waals surface area contributed by atoms with Crippen molar-refractivity contribution in [3.05, 3.63) is 35.4 Å². The van der Waals surface area contributed by atoms with Gasteiger partial charge in [-0.1, -0.05) is 29.8 Å². The second-order valence-corrected chi connectivity index (χ2v) is 5.92. The van der Waals surface area contributed by atoms with E-state index in [0.29, 0.717) is 12.8 Å². The Morgan fingerprint density at radius 1 is 1.35 bits per heavy atom. The molecule has 1 rings (SSSR count). The number of rotatable bonds is 7. The van der Waals surface area contributed by atoms with Crippen molar-refractivity contribution in [3.8, 4) is 0 Å². The first-order valence-electron chi connectivity index (χ1n) is 6.83. The first-order valence-corrected chi connectivity index (χ1v) is 6.83. The fourth-order valence-corrected chi connectivity index (χ4v) is 2.24. The summed E-state index contributed by atoms with van der Waals surface area (Å²) in [6.45, 7) is 5.93. The highest BCUT2D eigenvalue weighted by atomic mass is 16.5. The lowest BCUT2D eigenvalue weighted by Crippen LogP contribution is -2.44. The summed E-state index contributed by atoms with van der Waals surface area (Å²) in [6, 6.07) is 7.57. The lowest BCUT2D eigenvalue weighted by atomic mass is 9.74. The fraction of sp³-hybridized carbons (Fsp3) is 0.562. The number of nitrogens with two attached hydrogens (primary N) is 1. The van der Waals surface area contributed by atoms with Crippen molar-refractivity contribution in [1.29, 1.82) is 0 Å². The number of hydrogen-bond acceptors (Lipinski definition) is 3. The van der Waals surface area contributed by atoms with Crippen LogP contribution in [0, 0.1) is 6.92 Å². The first-order chi connectivity index (χ1) is 9.27. The number of carboxylic acid groups (broad SMARTS) is 1. The Morgan fingerprint density at radius 2 is 2.00 bits per heavy atom. The second-order valence-electron chi connectivity index (χ2n) is 5.92. The van der Waals surface area contributed by atoms with Crippen LogP contribution in [0.3, 0.4) is 0 Å². The SMILES string of the molecule is COC(C)(C)CCC(CN)(C(=O)O)c1cccc(C)c1. The molecule has 0 bridgehead atoms. The Kier molecular flexibility index (Phi) is 5.31. The molecule has 4 nitrogen and oxygen atoms in total. The minimum Gasteiger partial charge on any atom is -0.481 e. The number of ether oxygens (including phenoxy) is 1. The van der Waals surface area contributed by atoms with E-state index in [0.717, 1.165) is 11.1 Å². The van der Waals surface area contributed by atoms with Crippen LogP contribution in [0.15, 0.2) is 24.3 Å². The lowest BCUT2D eigenvalue weighted by molar-refractivity contribution is -0.144. The fourth-order valence-electron chi connectivity index (χ4n) is 2.24. The summed E-state index contributed by atoms with van der Waals surface area (Å²) in [5, 5.41) is 9.72. The van der Waals surface area contributed by atoms with Gasteiger partial charge in [0.05, 0.1) is 5.60 Å². The standard InChI is InChI=1S/C16H25NO3/c1-12-6-5-7-13(10-12)16(11-17,14(18)19)9-8-15(2,3)20-4/h5-7,10H,8-9,11,17H2,1-4H3,(H,18,19). The van der Waals surface area contributed by atoms with E-state index in [1.165, 1.54) is 0 Å². The van der Waals surface area contributed by atoms with E-state index in [4.69, 9.17) is 10.5 Å². The Balaban J connectivity index is 3.13. The number of aliphatic carboxylic acids is 1. The van der Waals surface area contributed by atoms with E-state index in [1.54, 1.807) is 7.11 Å². The van der Waals surface area contributed by atoms with Gasteiger partial charge in [0.2, 0.25) is 0 Å². The highest BCUT2D eigenvalue weighted by molar-refractivity contribution is 5.81. The molecule has 112 valence electrons. The van der Waals surface area contributed by atoms with Crippen LogP contribution in [-0.2, 0) is 14.9 Å². The summed E-state index contributed by atoms with van der Waals surface area (Å²) >= 11 is 0. The molecule has 3 N–H and O–H groups in total. The van der Waals surface area contributed by atoms with E-state index >= 15 is 0 Å². The maximum absolute atomic E-state index is 11.8. The molecule has 0 amide bonds. The summed E-state index contributed by atoms with van der Waals surface area (Å²) in [6.07, 6.45) is 1.07. The molecule has 0 aromatic heterocycles. The van der Waals surface area contributed by atoms with Gasteiger partial charge in [0.15, 0.2) is 0 Å². The Morgan fingerprint density at radius 3 is 2.45 bits per heavy atom. The summed E-state index contributed by atoms with van der Waals surface area (Å²) in [5.74, 6) is -0.877. The van der Waals surface area contributed by atoms with Crippen molar-refractivity contribution in [2.75, 3.05) is 13.7 Å². The van der Waals surface area contributed by atoms with Crippen LogP contribution >= 0.6 is 0 Å². The van der Waals surface area contributed by atoms with Crippen molar-refractivity contribution in [2.24, 2.45) is 5.73 Å². The van der Waals surface area contributed by atoms with Crippen molar-refractivity contribution in [3.63, 3.8) is 0 Å². The largest absolute Gasteiger partial charge is 0.481 e. The summed E-state index contributed by atoms with van der Waals surface area (Å²) < 4.78 is 5.38. The van der Waals surface area contributed by atoms with Crippen LogP contribution < -0.4 is 5.73 Å². The monoisotopic (exact) mass is 279 g/mol. The van der Waals surface area contributed by atoms with Crippen LogP contribution in [0.2, 0.25) is 0 Å². The molecule has 1 unspecified atom stereocenters. The van der Waals surface area contributed by atoms with Crippen LogP contribution in [0.5, 0.6) is 0 Å². The van der Waals surface area contributed by atoms with Crippen LogP contribution in [0.4, 0.5) is 0 Å². The minimum absolute atomic E-state index is 0.0750. The molecular formula is C16H25NO3. The van der Waals surface area contributed by atoms with E-state index in [-0.39, 0.29) is 12.1 Å². The molecule has 0 radical (unpaired) electrons. The van der Waals surface area contributed by atoms with E-state index in [9.17, 15) is 9.90 Å². The third kappa shape index (κ3) is 3.58. The van der Waals surface area contributed by atoms with Gasteiger partial charge in [0.1, 0.15) is 5.41 Å². The Bertz CT molecular complexity index is 471. The average Bonchev–Trinajstić information content (AvgIpc) is 2.39. The van der Waals surface area contributed by atoms with Gasteiger partial charge in [-0.05, 0) is 39.2 Å². The lowest BCUT2D eigenvalue weighted by Gasteiger charge is -2.32. The predicted molar refractivity (Wildman–Crippen MR) is 79.9 cm³/mol. The number of methoxy groups -OCH3 is 1. The molecule has 0 aliphatic rings. The van der Waals surface area contributed by atoms with E-state index < -0.39 is 11.4 Å². The van der Waals surface area contributed by atoms with Crippen molar-refractivity contribution in [1.82, 2.24) is 0 Å². The van der Waals surface area contributed by atoms with Crippen LogP contribution in [0.25, 0.3) is 0 Å². The molecular weight excluding hydrogens is 254 g/mol. The zero-order valence-corrected chi connectivity index (χ0v) is 12.8. The van der Waals surface area contributed by atoms with Crippen molar-refractivity contribution < 1.29 is 14.6 Å². The molecule has 1 aromatic rings. The molecule has 0 spiro atoms. The summed E-state index contributed by atoms with van der Waals surface area (Å²) in [5.41, 5.74) is 6.22. The van der Waals surface area contributed by atoms with Gasteiger partial charge < -0.3 is 15.6 Å². The van der Waals surface area contributed by atoms with Gasteiger partial charge in [-0.3, -0.25) is 4.79 Å². The number of carbonyl (C=O) groups is 1. The molecule has 0 fully saturated rings. The molecule has 0 heterocycles. The van der Waals surface area contributed by atoms with Gasteiger partial charge in [-0.25, -0.2) is 0 Å². The summed E-state index contributed by atoms with van der Waals surface area (Å²) in [4.78, 5) is 11.8. The zero-order valence-electron chi connectivity index (χ0n) is 12.8. The van der Waals surface area contributed by atoms with E-state index in [2.05, 4.69) is 0 Å². The predicted octanol–water partition coefficient (Wildman–Crippen LogP) is 2.48. The van der Waals surface area contributed by atoms with Gasteiger partial charge in [-0.15, -0.1) is 0 Å².